The number of benzene rings is 5. The lowest BCUT2D eigenvalue weighted by atomic mass is 9.86. The zero-order chi connectivity index (χ0) is 21.5. The average Bonchev–Trinajstić information content (AvgIpc) is 3.23. The summed E-state index contributed by atoms with van der Waals surface area (Å²) in [6.45, 7) is 2.21. The Morgan fingerprint density at radius 2 is 1.16 bits per heavy atom. The lowest BCUT2D eigenvalue weighted by molar-refractivity contribution is 0.669. The Kier molecular flexibility index (Phi) is 4.40. The fourth-order valence-corrected chi connectivity index (χ4v) is 4.78. The van der Waals surface area contributed by atoms with E-state index in [0.717, 1.165) is 16.6 Å². The Morgan fingerprint density at radius 1 is 0.500 bits per heavy atom. The van der Waals surface area contributed by atoms with Gasteiger partial charge in [0.2, 0.25) is 0 Å². The van der Waals surface area contributed by atoms with Crippen LogP contribution in [-0.2, 0) is 0 Å². The molecule has 152 valence electrons. The highest BCUT2D eigenvalue weighted by atomic mass is 16.3. The maximum Gasteiger partial charge on any atom is 0.136 e. The van der Waals surface area contributed by atoms with Crippen molar-refractivity contribution in [1.82, 2.24) is 0 Å². The molecule has 0 amide bonds. The maximum absolute atomic E-state index is 6.21. The number of aryl methyl sites for hydroxylation is 1. The zero-order valence-corrected chi connectivity index (χ0v) is 17.9. The topological polar surface area (TPSA) is 13.1 Å². The van der Waals surface area contributed by atoms with E-state index in [-0.39, 0.29) is 0 Å². The van der Waals surface area contributed by atoms with Crippen LogP contribution >= 0.6 is 0 Å². The van der Waals surface area contributed by atoms with Gasteiger partial charge in [0.15, 0.2) is 0 Å². The molecule has 0 N–H and O–H groups in total. The Balaban J connectivity index is 1.73. The standard InChI is InChI=1S/C31H22O/c1-21-19-24(22-11-4-2-5-12-22)20-27(30(21)23-13-6-3-7-14-23)25-16-10-18-29-31(25)26-15-8-9-17-28(26)32-29/h2-20H,1H3. The van der Waals surface area contributed by atoms with E-state index in [9.17, 15) is 0 Å². The van der Waals surface area contributed by atoms with Crippen molar-refractivity contribution in [3.8, 4) is 33.4 Å². The monoisotopic (exact) mass is 410 g/mol. The molecule has 1 nitrogen and oxygen atoms in total. The number of rotatable bonds is 3. The molecule has 0 bridgehead atoms. The van der Waals surface area contributed by atoms with Gasteiger partial charge in [0.05, 0.1) is 0 Å². The number of fused-ring (bicyclic) bond motifs is 3. The van der Waals surface area contributed by atoms with Crippen molar-refractivity contribution >= 4 is 21.9 Å². The molecule has 0 aliphatic heterocycles. The van der Waals surface area contributed by atoms with Crippen LogP contribution in [-0.4, -0.2) is 0 Å². The van der Waals surface area contributed by atoms with E-state index in [2.05, 4.69) is 110 Å². The SMILES string of the molecule is Cc1cc(-c2ccccc2)cc(-c2cccc3oc4ccccc4c23)c1-c1ccccc1. The summed E-state index contributed by atoms with van der Waals surface area (Å²) >= 11 is 0. The minimum Gasteiger partial charge on any atom is -0.456 e. The summed E-state index contributed by atoms with van der Waals surface area (Å²) in [6, 6.07) is 40.6. The van der Waals surface area contributed by atoms with Crippen molar-refractivity contribution in [2.75, 3.05) is 0 Å². The van der Waals surface area contributed by atoms with Crippen LogP contribution in [0.4, 0.5) is 0 Å². The summed E-state index contributed by atoms with van der Waals surface area (Å²) in [7, 11) is 0. The Bertz CT molecular complexity index is 1560. The molecule has 0 aliphatic carbocycles. The van der Waals surface area contributed by atoms with Crippen molar-refractivity contribution in [3.05, 3.63) is 121 Å². The van der Waals surface area contributed by atoms with Crippen LogP contribution in [0.2, 0.25) is 0 Å². The smallest absolute Gasteiger partial charge is 0.136 e. The fraction of sp³-hybridized carbons (Fsp3) is 0.0323. The highest BCUT2D eigenvalue weighted by Gasteiger charge is 2.18. The van der Waals surface area contributed by atoms with E-state index in [1.807, 2.05) is 12.1 Å². The largest absolute Gasteiger partial charge is 0.456 e. The summed E-state index contributed by atoms with van der Waals surface area (Å²) in [5, 5.41) is 2.32. The Labute approximate surface area is 187 Å². The van der Waals surface area contributed by atoms with Gasteiger partial charge in [0.1, 0.15) is 11.2 Å². The third-order valence-corrected chi connectivity index (χ3v) is 6.20. The molecule has 0 saturated carbocycles. The van der Waals surface area contributed by atoms with Gasteiger partial charge in [-0.2, -0.15) is 0 Å². The normalized spacial score (nSPS) is 11.3. The summed E-state index contributed by atoms with van der Waals surface area (Å²) in [5.74, 6) is 0. The lowest BCUT2D eigenvalue weighted by Crippen LogP contribution is -1.92. The van der Waals surface area contributed by atoms with Gasteiger partial charge in [0.25, 0.3) is 0 Å². The van der Waals surface area contributed by atoms with Crippen LogP contribution in [0.25, 0.3) is 55.3 Å². The molecule has 0 saturated heterocycles. The van der Waals surface area contributed by atoms with Crippen molar-refractivity contribution < 1.29 is 4.42 Å². The molecule has 32 heavy (non-hydrogen) atoms. The van der Waals surface area contributed by atoms with Gasteiger partial charge in [-0.25, -0.2) is 0 Å². The van der Waals surface area contributed by atoms with Crippen LogP contribution in [0.5, 0.6) is 0 Å². The Hall–Kier alpha value is -4.10. The number of para-hydroxylation sites is 1. The van der Waals surface area contributed by atoms with E-state index in [1.165, 1.54) is 44.3 Å². The summed E-state index contributed by atoms with van der Waals surface area (Å²) in [6.07, 6.45) is 0. The minimum absolute atomic E-state index is 0.922. The van der Waals surface area contributed by atoms with Crippen LogP contribution in [0.15, 0.2) is 120 Å². The first kappa shape index (κ1) is 18.7. The van der Waals surface area contributed by atoms with E-state index in [4.69, 9.17) is 4.42 Å². The van der Waals surface area contributed by atoms with Gasteiger partial charge < -0.3 is 4.42 Å². The minimum atomic E-state index is 0.922. The summed E-state index contributed by atoms with van der Waals surface area (Å²) < 4.78 is 6.21. The molecule has 0 atom stereocenters. The third-order valence-electron chi connectivity index (χ3n) is 6.20. The fourth-order valence-electron chi connectivity index (χ4n) is 4.78. The second-order valence-corrected chi connectivity index (χ2v) is 8.22. The van der Waals surface area contributed by atoms with Gasteiger partial charge in [0, 0.05) is 10.8 Å². The van der Waals surface area contributed by atoms with Crippen molar-refractivity contribution in [1.29, 1.82) is 0 Å². The van der Waals surface area contributed by atoms with Crippen LogP contribution in [0, 0.1) is 6.92 Å². The second-order valence-electron chi connectivity index (χ2n) is 8.22. The molecule has 0 unspecified atom stereocenters. The van der Waals surface area contributed by atoms with Crippen LogP contribution in [0.1, 0.15) is 5.56 Å². The predicted molar refractivity (Wildman–Crippen MR) is 135 cm³/mol. The van der Waals surface area contributed by atoms with E-state index >= 15 is 0 Å². The zero-order valence-electron chi connectivity index (χ0n) is 17.9. The molecule has 6 aromatic rings. The summed E-state index contributed by atoms with van der Waals surface area (Å²) in [5.41, 5.74) is 10.5. The average molecular weight is 411 g/mol. The molecular weight excluding hydrogens is 388 g/mol. The van der Waals surface area contributed by atoms with Gasteiger partial charge in [-0.05, 0) is 64.1 Å². The molecule has 6 rings (SSSR count). The van der Waals surface area contributed by atoms with Gasteiger partial charge in [-0.15, -0.1) is 0 Å². The first-order chi connectivity index (χ1) is 15.8. The first-order valence-corrected chi connectivity index (χ1v) is 11.0. The molecule has 0 radical (unpaired) electrons. The highest BCUT2D eigenvalue weighted by Crippen LogP contribution is 2.43. The summed E-state index contributed by atoms with van der Waals surface area (Å²) in [4.78, 5) is 0. The van der Waals surface area contributed by atoms with Gasteiger partial charge in [-0.3, -0.25) is 0 Å². The second kappa shape index (κ2) is 7.55. The predicted octanol–water partition coefficient (Wildman–Crippen LogP) is 8.90. The van der Waals surface area contributed by atoms with Crippen molar-refractivity contribution in [2.24, 2.45) is 0 Å². The number of furan rings is 1. The van der Waals surface area contributed by atoms with Crippen molar-refractivity contribution in [2.45, 2.75) is 6.92 Å². The highest BCUT2D eigenvalue weighted by molar-refractivity contribution is 6.14. The van der Waals surface area contributed by atoms with E-state index in [1.54, 1.807) is 0 Å². The third kappa shape index (κ3) is 3.02. The van der Waals surface area contributed by atoms with Crippen LogP contribution in [0.3, 0.4) is 0 Å². The molecule has 1 heterocycles. The van der Waals surface area contributed by atoms with Crippen LogP contribution < -0.4 is 0 Å². The number of hydrogen-bond acceptors (Lipinski definition) is 1. The molecule has 0 aliphatic rings. The molecular formula is C31H22O. The van der Waals surface area contributed by atoms with Crippen molar-refractivity contribution in [3.63, 3.8) is 0 Å². The Morgan fingerprint density at radius 3 is 1.94 bits per heavy atom. The van der Waals surface area contributed by atoms with Gasteiger partial charge in [-0.1, -0.05) is 97.1 Å². The lowest BCUT2D eigenvalue weighted by Gasteiger charge is -2.17. The maximum atomic E-state index is 6.21. The molecule has 1 aromatic heterocycles. The quantitative estimate of drug-likeness (QED) is 0.284. The van der Waals surface area contributed by atoms with E-state index in [0.29, 0.717) is 0 Å². The van der Waals surface area contributed by atoms with Gasteiger partial charge >= 0.3 is 0 Å². The molecule has 0 fully saturated rings. The number of hydrogen-bond donors (Lipinski definition) is 0. The first-order valence-electron chi connectivity index (χ1n) is 11.0. The molecule has 5 aromatic carbocycles. The molecule has 1 heteroatoms. The van der Waals surface area contributed by atoms with E-state index < -0.39 is 0 Å². The molecule has 0 spiro atoms.